The lowest BCUT2D eigenvalue weighted by atomic mass is 9.95. The average Bonchev–Trinajstić information content (AvgIpc) is 3.74. The Kier molecular flexibility index (Phi) is 6.67. The van der Waals surface area contributed by atoms with E-state index in [9.17, 15) is 0 Å². The molecule has 7 rings (SSSR count). The van der Waals surface area contributed by atoms with E-state index in [0.29, 0.717) is 11.7 Å². The lowest BCUT2D eigenvalue weighted by Crippen LogP contribution is -2.32. The highest BCUT2D eigenvalue weighted by molar-refractivity contribution is 7.16. The monoisotopic (exact) mass is 546 g/mol. The molecule has 1 N–H and O–H groups in total. The molecule has 1 aliphatic rings. The van der Waals surface area contributed by atoms with Gasteiger partial charge in [0.1, 0.15) is 27.9 Å². The zero-order valence-corrected chi connectivity index (χ0v) is 23.2. The third-order valence-corrected chi connectivity index (χ3v) is 8.65. The predicted octanol–water partition coefficient (Wildman–Crippen LogP) is 6.25. The number of piperidine rings is 1. The zero-order chi connectivity index (χ0) is 26.9. The highest BCUT2D eigenvalue weighted by atomic mass is 32.1. The number of aromatic amines is 1. The molecular weight excluding hydrogens is 516 g/mol. The van der Waals surface area contributed by atoms with Crippen molar-refractivity contribution in [2.45, 2.75) is 38.6 Å². The van der Waals surface area contributed by atoms with E-state index in [2.05, 4.69) is 75.5 Å². The Balaban J connectivity index is 1.04. The summed E-state index contributed by atoms with van der Waals surface area (Å²) in [5, 5.41) is 13.5. The number of hydrogen-bond acceptors (Lipinski definition) is 7. The minimum absolute atomic E-state index is 0.400. The number of hydrogen-bond donors (Lipinski definition) is 1. The first-order valence-electron chi connectivity index (χ1n) is 13.8. The first-order valence-corrected chi connectivity index (χ1v) is 14.7. The highest BCUT2D eigenvalue weighted by Crippen LogP contribution is 2.35. The number of nitrogens with zero attached hydrogens (tertiary/aromatic N) is 7. The molecule has 9 heteroatoms. The fourth-order valence-corrected chi connectivity index (χ4v) is 6.28. The Hall–Kier alpha value is -4.21. The first kappa shape index (κ1) is 24.8. The van der Waals surface area contributed by atoms with Gasteiger partial charge < -0.3 is 0 Å². The molecule has 8 nitrogen and oxygen atoms in total. The van der Waals surface area contributed by atoms with Crippen LogP contribution in [0.25, 0.3) is 39.0 Å². The summed E-state index contributed by atoms with van der Waals surface area (Å²) in [6.45, 7) is 5.14. The van der Waals surface area contributed by atoms with Crippen molar-refractivity contribution in [3.63, 3.8) is 0 Å². The first-order chi connectivity index (χ1) is 19.7. The number of pyridine rings is 1. The van der Waals surface area contributed by atoms with Gasteiger partial charge >= 0.3 is 0 Å². The van der Waals surface area contributed by atoms with Crippen LogP contribution in [0.2, 0.25) is 0 Å². The quantitative estimate of drug-likeness (QED) is 0.255. The van der Waals surface area contributed by atoms with Crippen LogP contribution in [0.1, 0.15) is 42.1 Å². The van der Waals surface area contributed by atoms with Gasteiger partial charge in [-0.05, 0) is 50.0 Å². The highest BCUT2D eigenvalue weighted by Gasteiger charge is 2.24. The van der Waals surface area contributed by atoms with E-state index in [1.165, 1.54) is 5.56 Å². The Morgan fingerprint density at radius 2 is 1.70 bits per heavy atom. The van der Waals surface area contributed by atoms with Crippen molar-refractivity contribution in [3.05, 3.63) is 95.4 Å². The zero-order valence-electron chi connectivity index (χ0n) is 22.4. The second-order valence-electron chi connectivity index (χ2n) is 10.2. The van der Waals surface area contributed by atoms with Gasteiger partial charge in [0.15, 0.2) is 5.82 Å². The lowest BCUT2D eigenvalue weighted by molar-refractivity contribution is 0.202. The van der Waals surface area contributed by atoms with Crippen LogP contribution in [0.3, 0.4) is 0 Å². The Bertz CT molecular complexity index is 1710. The van der Waals surface area contributed by atoms with E-state index in [1.807, 2.05) is 28.8 Å². The van der Waals surface area contributed by atoms with E-state index < -0.39 is 0 Å². The molecule has 0 bridgehead atoms. The van der Waals surface area contributed by atoms with Crippen molar-refractivity contribution in [2.24, 2.45) is 0 Å². The van der Waals surface area contributed by atoms with Gasteiger partial charge in [-0.15, -0.1) is 0 Å². The van der Waals surface area contributed by atoms with E-state index in [0.717, 1.165) is 82.9 Å². The number of imidazole rings is 1. The van der Waals surface area contributed by atoms with Gasteiger partial charge in [0, 0.05) is 29.8 Å². The lowest BCUT2D eigenvalue weighted by Gasteiger charge is -2.30. The molecule has 0 aliphatic carbocycles. The van der Waals surface area contributed by atoms with E-state index >= 15 is 0 Å². The summed E-state index contributed by atoms with van der Waals surface area (Å²) in [5.41, 5.74) is 6.40. The third kappa shape index (κ3) is 4.82. The summed E-state index contributed by atoms with van der Waals surface area (Å²) in [5.74, 6) is 2.05. The van der Waals surface area contributed by atoms with Gasteiger partial charge in [0.05, 0.1) is 0 Å². The number of benzene rings is 2. The molecule has 0 radical (unpaired) electrons. The van der Waals surface area contributed by atoms with Crippen LogP contribution in [-0.2, 0) is 13.0 Å². The number of aryl methyl sites for hydroxylation is 1. The minimum Gasteiger partial charge on any atom is -0.299 e. The molecule has 0 atom stereocenters. The molecule has 6 aromatic rings. The summed E-state index contributed by atoms with van der Waals surface area (Å²) < 4.78 is 2.01. The Morgan fingerprint density at radius 3 is 2.45 bits per heavy atom. The van der Waals surface area contributed by atoms with Crippen LogP contribution in [-0.4, -0.2) is 52.8 Å². The molecule has 0 spiro atoms. The molecule has 0 saturated carbocycles. The number of H-pyrrole nitrogens is 1. The van der Waals surface area contributed by atoms with Crippen molar-refractivity contribution >= 4 is 16.3 Å². The van der Waals surface area contributed by atoms with Gasteiger partial charge in [-0.1, -0.05) is 78.9 Å². The normalized spacial score (nSPS) is 14.7. The number of rotatable bonds is 7. The van der Waals surface area contributed by atoms with Crippen molar-refractivity contribution in [3.8, 4) is 34.0 Å². The van der Waals surface area contributed by atoms with Gasteiger partial charge in [0.25, 0.3) is 0 Å². The molecular formula is C31H30N8S. The Morgan fingerprint density at radius 1 is 0.900 bits per heavy atom. The van der Waals surface area contributed by atoms with Crippen LogP contribution >= 0.6 is 11.3 Å². The second-order valence-corrected chi connectivity index (χ2v) is 11.3. The maximum Gasteiger partial charge on any atom is 0.213 e. The molecule has 4 aromatic heterocycles. The smallest absolute Gasteiger partial charge is 0.213 e. The number of fused-ring (bicyclic) bond motifs is 1. The minimum atomic E-state index is 0.400. The molecule has 40 heavy (non-hydrogen) atoms. The van der Waals surface area contributed by atoms with Crippen molar-refractivity contribution in [1.29, 1.82) is 0 Å². The molecule has 2 aromatic carbocycles. The number of aromatic nitrogens is 7. The van der Waals surface area contributed by atoms with Crippen LogP contribution in [0.5, 0.6) is 0 Å². The summed E-state index contributed by atoms with van der Waals surface area (Å²) in [6, 6.07) is 25.1. The van der Waals surface area contributed by atoms with Crippen LogP contribution < -0.4 is 0 Å². The standard InChI is InChI=1S/C31H30N8S/c1-2-26-37-39-28(23-8-4-3-5-9-23)27(33-31(39)40-26)22-13-11-21(12-14-22)20-38-18-15-24(16-19-38)29-34-30(36-35-29)25-10-6-7-17-32-25/h3-14,17,24H,2,15-16,18-20H2,1H3,(H,34,35,36). The predicted molar refractivity (Wildman–Crippen MR) is 158 cm³/mol. The number of nitrogens with one attached hydrogen (secondary N) is 1. The SMILES string of the molecule is CCc1nn2c(-c3ccccc3)c(-c3ccc(CN4CCC(c5nc(-c6ccccn6)n[nH]5)CC4)cc3)nc2s1. The molecule has 1 fully saturated rings. The number of likely N-dealkylation sites (tertiary alicyclic amines) is 1. The summed E-state index contributed by atoms with van der Waals surface area (Å²) in [4.78, 5) is 17.6. The van der Waals surface area contributed by atoms with Crippen molar-refractivity contribution in [2.75, 3.05) is 13.1 Å². The summed E-state index contributed by atoms with van der Waals surface area (Å²) >= 11 is 1.67. The maximum absolute atomic E-state index is 5.02. The topological polar surface area (TPSA) is 87.9 Å². The maximum atomic E-state index is 5.02. The van der Waals surface area contributed by atoms with Gasteiger partial charge in [-0.2, -0.15) is 10.2 Å². The largest absolute Gasteiger partial charge is 0.299 e. The fraction of sp³-hybridized carbons (Fsp3) is 0.258. The van der Waals surface area contributed by atoms with Gasteiger partial charge in [-0.3, -0.25) is 15.0 Å². The second kappa shape index (κ2) is 10.7. The van der Waals surface area contributed by atoms with Crippen molar-refractivity contribution in [1.82, 2.24) is 39.7 Å². The van der Waals surface area contributed by atoms with Crippen LogP contribution in [0, 0.1) is 0 Å². The molecule has 1 saturated heterocycles. The van der Waals surface area contributed by atoms with Crippen LogP contribution in [0.15, 0.2) is 79.0 Å². The molecule has 1 aliphatic heterocycles. The van der Waals surface area contributed by atoms with Gasteiger partial charge in [0.2, 0.25) is 4.96 Å². The summed E-state index contributed by atoms with van der Waals surface area (Å²) in [7, 11) is 0. The van der Waals surface area contributed by atoms with E-state index in [1.54, 1.807) is 17.5 Å². The fourth-order valence-electron chi connectivity index (χ4n) is 5.44. The molecule has 0 amide bonds. The van der Waals surface area contributed by atoms with Crippen LogP contribution in [0.4, 0.5) is 0 Å². The molecule has 200 valence electrons. The average molecular weight is 547 g/mol. The van der Waals surface area contributed by atoms with Gasteiger partial charge in [-0.25, -0.2) is 14.5 Å². The molecule has 5 heterocycles. The summed E-state index contributed by atoms with van der Waals surface area (Å²) in [6.07, 6.45) is 4.81. The van der Waals surface area contributed by atoms with E-state index in [4.69, 9.17) is 15.1 Å². The third-order valence-electron chi connectivity index (χ3n) is 7.60. The Labute approximate surface area is 236 Å². The van der Waals surface area contributed by atoms with E-state index in [-0.39, 0.29) is 0 Å². The van der Waals surface area contributed by atoms with Crippen molar-refractivity contribution < 1.29 is 0 Å². The molecule has 0 unspecified atom stereocenters.